The van der Waals surface area contributed by atoms with E-state index in [1.165, 1.54) is 17.5 Å². The first-order valence-corrected chi connectivity index (χ1v) is 6.62. The number of hydrogen-bond acceptors (Lipinski definition) is 1. The molecular weight excluding hydrogens is 210 g/mol. The summed E-state index contributed by atoms with van der Waals surface area (Å²) in [7, 11) is 1.98. The van der Waals surface area contributed by atoms with Crippen molar-refractivity contribution in [3.63, 3.8) is 0 Å². The fourth-order valence-corrected chi connectivity index (χ4v) is 2.90. The van der Waals surface area contributed by atoms with E-state index in [1.54, 1.807) is 0 Å². The van der Waals surface area contributed by atoms with Crippen LogP contribution in [0.1, 0.15) is 42.9 Å². The summed E-state index contributed by atoms with van der Waals surface area (Å²) in [6.45, 7) is 0. The Morgan fingerprint density at radius 2 is 2.00 bits per heavy atom. The van der Waals surface area contributed by atoms with Crippen LogP contribution in [0.2, 0.25) is 0 Å². The molecule has 1 atom stereocenters. The normalized spacial score (nSPS) is 23.0. The molecule has 0 saturated heterocycles. The molecule has 0 aromatic heterocycles. The molecule has 1 aromatic carbocycles. The van der Waals surface area contributed by atoms with Gasteiger partial charge in [-0.15, -0.1) is 0 Å². The van der Waals surface area contributed by atoms with Crippen LogP contribution >= 0.6 is 0 Å². The van der Waals surface area contributed by atoms with Crippen molar-refractivity contribution in [1.82, 2.24) is 4.90 Å². The summed E-state index contributed by atoms with van der Waals surface area (Å²) in [5.41, 5.74) is 2.80. The predicted octanol–water partition coefficient (Wildman–Crippen LogP) is 2.93. The van der Waals surface area contributed by atoms with Gasteiger partial charge in [0, 0.05) is 13.0 Å². The van der Waals surface area contributed by atoms with Gasteiger partial charge in [0.15, 0.2) is 0 Å². The van der Waals surface area contributed by atoms with E-state index < -0.39 is 0 Å². The van der Waals surface area contributed by atoms with E-state index >= 15 is 0 Å². The Labute approximate surface area is 103 Å². The van der Waals surface area contributed by atoms with Crippen molar-refractivity contribution < 1.29 is 4.79 Å². The number of aryl methyl sites for hydroxylation is 1. The molecule has 1 aromatic rings. The maximum absolute atomic E-state index is 12.1. The Morgan fingerprint density at radius 3 is 2.76 bits per heavy atom. The molecule has 0 spiro atoms. The van der Waals surface area contributed by atoms with Gasteiger partial charge in [0.25, 0.3) is 0 Å². The largest absolute Gasteiger partial charge is 0.338 e. The second-order valence-electron chi connectivity index (χ2n) is 5.33. The summed E-state index contributed by atoms with van der Waals surface area (Å²) in [5, 5.41) is 0. The van der Waals surface area contributed by atoms with Gasteiger partial charge in [-0.05, 0) is 43.2 Å². The van der Waals surface area contributed by atoms with E-state index in [1.807, 2.05) is 11.9 Å². The van der Waals surface area contributed by atoms with Crippen molar-refractivity contribution in [3.05, 3.63) is 35.4 Å². The molecule has 3 rings (SSSR count). The zero-order valence-corrected chi connectivity index (χ0v) is 10.4. The molecule has 2 aliphatic rings. The van der Waals surface area contributed by atoms with Crippen LogP contribution in [0.3, 0.4) is 0 Å². The van der Waals surface area contributed by atoms with Crippen LogP contribution in [-0.4, -0.2) is 17.9 Å². The second-order valence-corrected chi connectivity index (χ2v) is 5.33. The zero-order valence-electron chi connectivity index (χ0n) is 10.4. The number of benzene rings is 1. The first-order valence-electron chi connectivity index (χ1n) is 6.62. The fourth-order valence-electron chi connectivity index (χ4n) is 2.90. The highest BCUT2D eigenvalue weighted by Crippen LogP contribution is 2.37. The van der Waals surface area contributed by atoms with Gasteiger partial charge in [-0.2, -0.15) is 0 Å². The van der Waals surface area contributed by atoms with Crippen molar-refractivity contribution in [2.24, 2.45) is 5.92 Å². The van der Waals surface area contributed by atoms with Crippen molar-refractivity contribution in [2.75, 3.05) is 7.05 Å². The van der Waals surface area contributed by atoms with Gasteiger partial charge in [0.2, 0.25) is 5.91 Å². The zero-order chi connectivity index (χ0) is 11.8. The number of nitrogens with zero attached hydrogens (tertiary/aromatic N) is 1. The summed E-state index contributed by atoms with van der Waals surface area (Å²) in [4.78, 5) is 14.1. The van der Waals surface area contributed by atoms with Crippen molar-refractivity contribution >= 4 is 5.91 Å². The molecule has 0 N–H and O–H groups in total. The third-order valence-electron chi connectivity index (χ3n) is 4.08. The van der Waals surface area contributed by atoms with Gasteiger partial charge in [-0.3, -0.25) is 4.79 Å². The monoisotopic (exact) mass is 229 g/mol. The molecule has 0 bridgehead atoms. The molecule has 0 aliphatic heterocycles. The molecule has 17 heavy (non-hydrogen) atoms. The van der Waals surface area contributed by atoms with Gasteiger partial charge >= 0.3 is 0 Å². The molecule has 0 radical (unpaired) electrons. The van der Waals surface area contributed by atoms with Crippen LogP contribution in [0, 0.1) is 5.92 Å². The van der Waals surface area contributed by atoms with E-state index in [-0.39, 0.29) is 0 Å². The van der Waals surface area contributed by atoms with Crippen LogP contribution in [0.25, 0.3) is 0 Å². The summed E-state index contributed by atoms with van der Waals surface area (Å²) in [6, 6.07) is 8.90. The van der Waals surface area contributed by atoms with Gasteiger partial charge in [0.1, 0.15) is 0 Å². The topological polar surface area (TPSA) is 20.3 Å². The van der Waals surface area contributed by atoms with Gasteiger partial charge in [-0.1, -0.05) is 24.3 Å². The molecule has 2 aliphatic carbocycles. The Hall–Kier alpha value is -1.31. The lowest BCUT2D eigenvalue weighted by Gasteiger charge is -2.33. The number of fused-ring (bicyclic) bond motifs is 1. The smallest absolute Gasteiger partial charge is 0.225 e. The lowest BCUT2D eigenvalue weighted by Crippen LogP contribution is -2.34. The summed E-state index contributed by atoms with van der Waals surface area (Å²) < 4.78 is 0. The molecule has 0 heterocycles. The minimum absolute atomic E-state index is 0.313. The van der Waals surface area contributed by atoms with Gasteiger partial charge in [0.05, 0.1) is 6.04 Å². The van der Waals surface area contributed by atoms with E-state index in [4.69, 9.17) is 0 Å². The molecular formula is C15H19NO. The predicted molar refractivity (Wildman–Crippen MR) is 67.6 cm³/mol. The second kappa shape index (κ2) is 4.17. The van der Waals surface area contributed by atoms with Crippen molar-refractivity contribution in [2.45, 2.75) is 38.1 Å². The van der Waals surface area contributed by atoms with E-state index in [0.29, 0.717) is 17.9 Å². The minimum atomic E-state index is 0.313. The van der Waals surface area contributed by atoms with E-state index in [0.717, 1.165) is 25.7 Å². The van der Waals surface area contributed by atoms with Crippen molar-refractivity contribution in [1.29, 1.82) is 0 Å². The number of carbonyl (C=O) groups excluding carboxylic acids is 1. The molecule has 2 heteroatoms. The molecule has 1 saturated carbocycles. The van der Waals surface area contributed by atoms with Crippen LogP contribution in [0.4, 0.5) is 0 Å². The number of hydrogen-bond donors (Lipinski definition) is 0. The summed E-state index contributed by atoms with van der Waals surface area (Å²) in [5.74, 6) is 0.681. The van der Waals surface area contributed by atoms with Crippen LogP contribution in [0.5, 0.6) is 0 Å². The summed E-state index contributed by atoms with van der Waals surface area (Å²) >= 11 is 0. The van der Waals surface area contributed by atoms with Crippen LogP contribution in [-0.2, 0) is 11.2 Å². The van der Waals surface area contributed by atoms with E-state index in [9.17, 15) is 4.79 Å². The highest BCUT2D eigenvalue weighted by molar-refractivity contribution is 5.81. The molecule has 90 valence electrons. The molecule has 1 amide bonds. The average molecular weight is 229 g/mol. The van der Waals surface area contributed by atoms with E-state index in [2.05, 4.69) is 24.3 Å². The maximum Gasteiger partial charge on any atom is 0.225 e. The number of carbonyl (C=O) groups is 1. The Kier molecular flexibility index (Phi) is 2.65. The minimum Gasteiger partial charge on any atom is -0.338 e. The third-order valence-corrected chi connectivity index (χ3v) is 4.08. The lowest BCUT2D eigenvalue weighted by molar-refractivity contribution is -0.133. The SMILES string of the molecule is CN(C(=O)C1CC1)C1CCCc2ccccc21. The lowest BCUT2D eigenvalue weighted by atomic mass is 9.87. The van der Waals surface area contributed by atoms with Crippen molar-refractivity contribution in [3.8, 4) is 0 Å². The van der Waals surface area contributed by atoms with Gasteiger partial charge in [-0.25, -0.2) is 0 Å². The number of amides is 1. The quantitative estimate of drug-likeness (QED) is 0.763. The first kappa shape index (κ1) is 10.8. The molecule has 1 fully saturated rings. The summed E-state index contributed by atoms with van der Waals surface area (Å²) in [6.07, 6.45) is 5.67. The third kappa shape index (κ3) is 1.97. The maximum atomic E-state index is 12.1. The standard InChI is InChI=1S/C15H19NO/c1-16(15(17)12-9-10-12)14-8-4-6-11-5-2-3-7-13(11)14/h2-3,5,7,12,14H,4,6,8-10H2,1H3. The van der Waals surface area contributed by atoms with Gasteiger partial charge < -0.3 is 4.90 Å². The Morgan fingerprint density at radius 1 is 1.24 bits per heavy atom. The molecule has 2 nitrogen and oxygen atoms in total. The van der Waals surface area contributed by atoms with Crippen LogP contribution < -0.4 is 0 Å². The molecule has 1 unspecified atom stereocenters. The highest BCUT2D eigenvalue weighted by atomic mass is 16.2. The fraction of sp³-hybridized carbons (Fsp3) is 0.533. The highest BCUT2D eigenvalue weighted by Gasteiger charge is 2.35. The average Bonchev–Trinajstić information content (AvgIpc) is 3.20. The Balaban J connectivity index is 1.86. The van der Waals surface area contributed by atoms with Crippen LogP contribution in [0.15, 0.2) is 24.3 Å². The number of rotatable bonds is 2. The first-order chi connectivity index (χ1) is 8.27. The Bertz CT molecular complexity index is 436.